The number of nitrogens with zero attached hydrogens (tertiary/aromatic N) is 3. The molecule has 124 valence electrons. The van der Waals surface area contributed by atoms with Crippen molar-refractivity contribution in [1.29, 1.82) is 0 Å². The van der Waals surface area contributed by atoms with Gasteiger partial charge in [0.25, 0.3) is 6.43 Å². The van der Waals surface area contributed by atoms with Crippen molar-refractivity contribution in [3.05, 3.63) is 44.6 Å². The number of halogens is 2. The third kappa shape index (κ3) is 2.72. The summed E-state index contributed by atoms with van der Waals surface area (Å²) >= 11 is 5.01. The zero-order valence-corrected chi connectivity index (χ0v) is 14.0. The summed E-state index contributed by atoms with van der Waals surface area (Å²) < 4.78 is 27.8. The molecule has 3 N–H and O–H groups in total. The molecule has 1 aromatic heterocycles. The van der Waals surface area contributed by atoms with Gasteiger partial charge >= 0.3 is 5.69 Å². The average Bonchev–Trinajstić information content (AvgIpc) is 2.80. The molecule has 0 atom stereocenters. The van der Waals surface area contributed by atoms with Gasteiger partial charge in [0.1, 0.15) is 4.99 Å². The van der Waals surface area contributed by atoms with Gasteiger partial charge in [-0.15, -0.1) is 5.10 Å². The van der Waals surface area contributed by atoms with E-state index in [1.165, 1.54) is 7.05 Å². The van der Waals surface area contributed by atoms with Crippen molar-refractivity contribution < 1.29 is 8.78 Å². The second-order valence-corrected chi connectivity index (χ2v) is 5.56. The van der Waals surface area contributed by atoms with Gasteiger partial charge in [-0.25, -0.2) is 13.6 Å². The lowest BCUT2D eigenvalue weighted by Crippen LogP contribution is -2.30. The van der Waals surface area contributed by atoms with Crippen LogP contribution in [0, 0.1) is 20.8 Å². The van der Waals surface area contributed by atoms with Crippen LogP contribution in [-0.2, 0) is 0 Å². The number of thiocarbonyl (C=S) groups is 1. The minimum absolute atomic E-state index is 0.238. The van der Waals surface area contributed by atoms with Gasteiger partial charge in [0.15, 0.2) is 0 Å². The zero-order valence-electron chi connectivity index (χ0n) is 13.1. The van der Waals surface area contributed by atoms with Crippen LogP contribution in [-0.4, -0.2) is 26.5 Å². The SMILES string of the molecule is CNn1c(C(F)F)nn(-c2c(C)cc(C(N)=S)c(C)c2C)c1=O. The summed E-state index contributed by atoms with van der Waals surface area (Å²) in [5.41, 5.74) is 10.7. The maximum absolute atomic E-state index is 13.1. The van der Waals surface area contributed by atoms with E-state index in [0.717, 1.165) is 14.9 Å². The molecule has 0 saturated carbocycles. The summed E-state index contributed by atoms with van der Waals surface area (Å²) in [6.07, 6.45) is -2.88. The second kappa shape index (κ2) is 6.07. The highest BCUT2D eigenvalue weighted by Crippen LogP contribution is 2.25. The Morgan fingerprint density at radius 1 is 1.35 bits per heavy atom. The predicted octanol–water partition coefficient (Wildman–Crippen LogP) is 1.70. The summed E-state index contributed by atoms with van der Waals surface area (Å²) in [5.74, 6) is -0.646. The molecule has 0 aliphatic rings. The lowest BCUT2D eigenvalue weighted by Gasteiger charge is -2.15. The topological polar surface area (TPSA) is 77.9 Å². The molecule has 1 aromatic carbocycles. The lowest BCUT2D eigenvalue weighted by atomic mass is 9.97. The average molecular weight is 341 g/mol. The zero-order chi connectivity index (χ0) is 17.5. The van der Waals surface area contributed by atoms with E-state index in [9.17, 15) is 13.6 Å². The number of alkyl halides is 2. The fraction of sp³-hybridized carbons (Fsp3) is 0.357. The molecule has 2 rings (SSSR count). The minimum atomic E-state index is -2.88. The molecule has 0 aliphatic heterocycles. The molecular formula is C14H17F2N5OS. The highest BCUT2D eigenvalue weighted by atomic mass is 32.1. The number of rotatable bonds is 4. The number of aryl methyl sites for hydroxylation is 1. The molecule has 9 heteroatoms. The number of benzene rings is 1. The molecule has 1 heterocycles. The molecule has 0 unspecified atom stereocenters. The Morgan fingerprint density at radius 2 is 1.96 bits per heavy atom. The minimum Gasteiger partial charge on any atom is -0.389 e. The lowest BCUT2D eigenvalue weighted by molar-refractivity contribution is 0.136. The Balaban J connectivity index is 2.81. The smallest absolute Gasteiger partial charge is 0.369 e. The van der Waals surface area contributed by atoms with Gasteiger partial charge in [0.05, 0.1) is 5.69 Å². The normalized spacial score (nSPS) is 11.1. The Hall–Kier alpha value is -2.29. The van der Waals surface area contributed by atoms with Gasteiger partial charge in [0, 0.05) is 12.6 Å². The summed E-state index contributed by atoms with van der Waals surface area (Å²) in [5, 5.41) is 3.78. The first-order valence-corrected chi connectivity index (χ1v) is 7.20. The van der Waals surface area contributed by atoms with E-state index in [4.69, 9.17) is 18.0 Å². The van der Waals surface area contributed by atoms with Crippen molar-refractivity contribution >= 4 is 17.2 Å². The molecule has 0 bridgehead atoms. The van der Waals surface area contributed by atoms with Crippen LogP contribution in [0.5, 0.6) is 0 Å². The summed E-state index contributed by atoms with van der Waals surface area (Å²) in [6.45, 7) is 5.32. The van der Waals surface area contributed by atoms with Gasteiger partial charge in [-0.2, -0.15) is 9.36 Å². The Morgan fingerprint density at radius 3 is 2.39 bits per heavy atom. The van der Waals surface area contributed by atoms with Crippen LogP contribution < -0.4 is 16.8 Å². The van der Waals surface area contributed by atoms with Crippen molar-refractivity contribution in [2.45, 2.75) is 27.2 Å². The maximum atomic E-state index is 13.1. The van der Waals surface area contributed by atoms with E-state index in [0.29, 0.717) is 22.4 Å². The van der Waals surface area contributed by atoms with E-state index in [1.807, 2.05) is 0 Å². The first kappa shape index (κ1) is 17.1. The molecule has 0 radical (unpaired) electrons. The van der Waals surface area contributed by atoms with E-state index >= 15 is 0 Å². The maximum Gasteiger partial charge on any atom is 0.369 e. The van der Waals surface area contributed by atoms with Crippen LogP contribution in [0.3, 0.4) is 0 Å². The van der Waals surface area contributed by atoms with E-state index < -0.39 is 17.9 Å². The number of nitrogens with two attached hydrogens (primary N) is 1. The first-order chi connectivity index (χ1) is 10.7. The third-order valence-corrected chi connectivity index (χ3v) is 3.98. The van der Waals surface area contributed by atoms with Crippen molar-refractivity contribution in [3.63, 3.8) is 0 Å². The second-order valence-electron chi connectivity index (χ2n) is 5.12. The van der Waals surface area contributed by atoms with E-state index in [-0.39, 0.29) is 4.99 Å². The molecule has 0 amide bonds. The molecule has 6 nitrogen and oxygen atoms in total. The number of hydrogen-bond donors (Lipinski definition) is 2. The molecular weight excluding hydrogens is 324 g/mol. The number of nitrogens with one attached hydrogen (secondary N) is 1. The molecule has 2 aromatic rings. The van der Waals surface area contributed by atoms with Gasteiger partial charge in [-0.3, -0.25) is 0 Å². The Bertz CT molecular complexity index is 841. The summed E-state index contributed by atoms with van der Waals surface area (Å²) in [4.78, 5) is 12.6. The molecule has 0 spiro atoms. The molecule has 23 heavy (non-hydrogen) atoms. The van der Waals surface area contributed by atoms with Crippen molar-refractivity contribution in [3.8, 4) is 5.69 Å². The largest absolute Gasteiger partial charge is 0.389 e. The van der Waals surface area contributed by atoms with Crippen molar-refractivity contribution in [2.75, 3.05) is 12.5 Å². The quantitative estimate of drug-likeness (QED) is 0.828. The highest BCUT2D eigenvalue weighted by molar-refractivity contribution is 7.80. The Labute approximate surface area is 136 Å². The summed E-state index contributed by atoms with van der Waals surface area (Å²) in [7, 11) is 1.38. The summed E-state index contributed by atoms with van der Waals surface area (Å²) in [6, 6.07) is 1.73. The van der Waals surface area contributed by atoms with Crippen molar-refractivity contribution in [1.82, 2.24) is 14.5 Å². The van der Waals surface area contributed by atoms with Crippen LogP contribution in [0.2, 0.25) is 0 Å². The van der Waals surface area contributed by atoms with Gasteiger partial charge < -0.3 is 11.2 Å². The monoisotopic (exact) mass is 341 g/mol. The van der Waals surface area contributed by atoms with Crippen LogP contribution >= 0.6 is 12.2 Å². The fourth-order valence-electron chi connectivity index (χ4n) is 2.53. The Kier molecular flexibility index (Phi) is 4.51. The van der Waals surface area contributed by atoms with Gasteiger partial charge in [0.2, 0.25) is 5.82 Å². The number of hydrogen-bond acceptors (Lipinski definition) is 4. The fourth-order valence-corrected chi connectivity index (χ4v) is 2.74. The molecule has 0 saturated heterocycles. The number of aromatic nitrogens is 3. The standard InChI is InChI=1S/C14H17F2N5OS/c1-6-5-9(12(17)23)7(2)8(3)10(6)20-14(22)21(18-4)13(19-20)11(15)16/h5,11,18H,1-4H3,(H2,17,23). The van der Waals surface area contributed by atoms with Gasteiger partial charge in [-0.1, -0.05) is 12.2 Å². The predicted molar refractivity (Wildman–Crippen MR) is 88.2 cm³/mol. The van der Waals surface area contributed by atoms with Crippen LogP contribution in [0.4, 0.5) is 8.78 Å². The van der Waals surface area contributed by atoms with E-state index in [2.05, 4.69) is 10.5 Å². The highest BCUT2D eigenvalue weighted by Gasteiger charge is 2.24. The van der Waals surface area contributed by atoms with Gasteiger partial charge in [-0.05, 0) is 43.5 Å². The van der Waals surface area contributed by atoms with Crippen LogP contribution in [0.25, 0.3) is 5.69 Å². The first-order valence-electron chi connectivity index (χ1n) is 6.79. The molecule has 0 aliphatic carbocycles. The van der Waals surface area contributed by atoms with Crippen LogP contribution in [0.15, 0.2) is 10.9 Å². The van der Waals surface area contributed by atoms with Crippen molar-refractivity contribution in [2.24, 2.45) is 5.73 Å². The van der Waals surface area contributed by atoms with Crippen LogP contribution in [0.1, 0.15) is 34.5 Å². The molecule has 0 fully saturated rings. The van der Waals surface area contributed by atoms with E-state index in [1.54, 1.807) is 26.8 Å². The third-order valence-electron chi connectivity index (χ3n) is 3.76.